The summed E-state index contributed by atoms with van der Waals surface area (Å²) in [6.45, 7) is 5.95. The number of carbonyl (C=O) groups is 1. The number of para-hydroxylation sites is 1. The van der Waals surface area contributed by atoms with E-state index in [0.29, 0.717) is 22.0 Å². The number of rotatable bonds is 5. The van der Waals surface area contributed by atoms with Gasteiger partial charge in [-0.25, -0.2) is 9.37 Å². The summed E-state index contributed by atoms with van der Waals surface area (Å²) in [4.78, 5) is 17.3. The average molecular weight is 424 g/mol. The molecule has 4 rings (SSSR count). The zero-order valence-corrected chi connectivity index (χ0v) is 18.1. The molecule has 0 aliphatic heterocycles. The Balaban J connectivity index is 1.96. The van der Waals surface area contributed by atoms with Gasteiger partial charge in [0.05, 0.1) is 13.5 Å². The molecule has 5 nitrogen and oxygen atoms in total. The second-order valence-corrected chi connectivity index (χ2v) is 8.12. The summed E-state index contributed by atoms with van der Waals surface area (Å²) < 4.78 is 21.5. The number of carbonyl (C=O) groups excluding carboxylic acids is 1. The van der Waals surface area contributed by atoms with E-state index in [1.54, 1.807) is 12.1 Å². The highest BCUT2D eigenvalue weighted by atomic mass is 32.1. The topological polar surface area (TPSA) is 55.6 Å². The van der Waals surface area contributed by atoms with Crippen LogP contribution in [0.25, 0.3) is 16.2 Å². The van der Waals surface area contributed by atoms with Crippen molar-refractivity contribution >= 4 is 33.8 Å². The number of hydrogen-bond acceptors (Lipinski definition) is 5. The molecule has 2 heterocycles. The first-order valence-corrected chi connectivity index (χ1v) is 10.4. The molecule has 0 saturated heterocycles. The Morgan fingerprint density at radius 1 is 1.20 bits per heavy atom. The van der Waals surface area contributed by atoms with Crippen molar-refractivity contribution in [3.63, 3.8) is 0 Å². The first-order valence-electron chi connectivity index (χ1n) is 9.54. The normalized spacial score (nSPS) is 11.1. The Labute approximate surface area is 178 Å². The van der Waals surface area contributed by atoms with Crippen LogP contribution in [-0.4, -0.2) is 22.5 Å². The molecule has 154 valence electrons. The minimum Gasteiger partial charge on any atom is -0.469 e. The number of aromatic nitrogens is 2. The van der Waals surface area contributed by atoms with Crippen LogP contribution in [0.2, 0.25) is 0 Å². The molecule has 0 fully saturated rings. The van der Waals surface area contributed by atoms with Gasteiger partial charge >= 0.3 is 5.97 Å². The van der Waals surface area contributed by atoms with Crippen molar-refractivity contribution in [3.05, 3.63) is 70.0 Å². The molecule has 2 aromatic carbocycles. The summed E-state index contributed by atoms with van der Waals surface area (Å²) in [7, 11) is 1.36. The molecule has 1 N–H and O–H groups in total. The lowest BCUT2D eigenvalue weighted by Crippen LogP contribution is -2.08. The van der Waals surface area contributed by atoms with Crippen LogP contribution in [0.1, 0.15) is 22.4 Å². The van der Waals surface area contributed by atoms with E-state index in [1.165, 1.54) is 24.5 Å². The van der Waals surface area contributed by atoms with Gasteiger partial charge in [-0.1, -0.05) is 29.8 Å². The number of imidazole rings is 1. The summed E-state index contributed by atoms with van der Waals surface area (Å²) in [5.74, 6) is -0.0535. The van der Waals surface area contributed by atoms with Crippen LogP contribution in [-0.2, 0) is 16.0 Å². The number of hydrogen-bond donors (Lipinski definition) is 1. The molecule has 2 aromatic heterocycles. The van der Waals surface area contributed by atoms with E-state index in [9.17, 15) is 9.18 Å². The number of thiazole rings is 1. The predicted molar refractivity (Wildman–Crippen MR) is 118 cm³/mol. The van der Waals surface area contributed by atoms with Gasteiger partial charge in [0.1, 0.15) is 17.3 Å². The second-order valence-electron chi connectivity index (χ2n) is 7.28. The van der Waals surface area contributed by atoms with E-state index in [4.69, 9.17) is 9.72 Å². The fourth-order valence-electron chi connectivity index (χ4n) is 3.51. The quantitative estimate of drug-likeness (QED) is 0.426. The molecule has 4 aromatic rings. The van der Waals surface area contributed by atoms with E-state index in [-0.39, 0.29) is 18.2 Å². The first kappa shape index (κ1) is 20.1. The third kappa shape index (κ3) is 3.57. The highest BCUT2D eigenvalue weighted by Crippen LogP contribution is 2.37. The number of aryl methyl sites for hydroxylation is 3. The van der Waals surface area contributed by atoms with Gasteiger partial charge in [-0.05, 0) is 44.0 Å². The lowest BCUT2D eigenvalue weighted by Gasteiger charge is -2.15. The molecule has 0 amide bonds. The van der Waals surface area contributed by atoms with Gasteiger partial charge in [0.2, 0.25) is 0 Å². The lowest BCUT2D eigenvalue weighted by molar-refractivity contribution is -0.139. The summed E-state index contributed by atoms with van der Waals surface area (Å²) in [5, 5.41) is 5.36. The summed E-state index contributed by atoms with van der Waals surface area (Å²) in [5.41, 5.74) is 5.66. The lowest BCUT2D eigenvalue weighted by atomic mass is 10.1. The van der Waals surface area contributed by atoms with Crippen molar-refractivity contribution in [2.45, 2.75) is 27.2 Å². The minimum absolute atomic E-state index is 0.101. The highest BCUT2D eigenvalue weighted by molar-refractivity contribution is 7.15. The van der Waals surface area contributed by atoms with Crippen LogP contribution in [0.5, 0.6) is 0 Å². The second kappa shape index (κ2) is 7.91. The molecule has 0 radical (unpaired) electrons. The van der Waals surface area contributed by atoms with Crippen molar-refractivity contribution in [1.29, 1.82) is 0 Å². The smallest absolute Gasteiger partial charge is 0.311 e. The molecule has 0 bridgehead atoms. The van der Waals surface area contributed by atoms with E-state index in [1.807, 2.05) is 48.8 Å². The van der Waals surface area contributed by atoms with Gasteiger partial charge in [0, 0.05) is 22.3 Å². The maximum atomic E-state index is 14.8. The zero-order chi connectivity index (χ0) is 21.4. The zero-order valence-electron chi connectivity index (χ0n) is 17.2. The van der Waals surface area contributed by atoms with Crippen LogP contribution in [0.15, 0.2) is 41.8 Å². The third-order valence-corrected chi connectivity index (χ3v) is 5.96. The third-order valence-electron chi connectivity index (χ3n) is 5.09. The first-order chi connectivity index (χ1) is 14.4. The van der Waals surface area contributed by atoms with Crippen molar-refractivity contribution in [2.75, 3.05) is 12.4 Å². The van der Waals surface area contributed by atoms with Gasteiger partial charge in [-0.3, -0.25) is 9.20 Å². The molecule has 0 saturated carbocycles. The van der Waals surface area contributed by atoms with Crippen LogP contribution < -0.4 is 5.32 Å². The molecule has 7 heteroatoms. The number of halogens is 1. The van der Waals surface area contributed by atoms with Crippen LogP contribution in [0, 0.1) is 26.6 Å². The Hall–Kier alpha value is -3.19. The van der Waals surface area contributed by atoms with Crippen molar-refractivity contribution in [3.8, 4) is 11.3 Å². The number of nitrogens with one attached hydrogen (secondary N) is 1. The number of ether oxygens (including phenoxy) is 1. The van der Waals surface area contributed by atoms with Gasteiger partial charge in [-0.15, -0.1) is 11.3 Å². The Kier molecular flexibility index (Phi) is 5.30. The number of methoxy groups -OCH3 is 1. The molecule has 30 heavy (non-hydrogen) atoms. The Morgan fingerprint density at radius 3 is 2.63 bits per heavy atom. The predicted octanol–water partition coefficient (Wildman–Crippen LogP) is 5.59. The summed E-state index contributed by atoms with van der Waals surface area (Å²) in [6.07, 6.45) is 0.101. The maximum absolute atomic E-state index is 14.8. The SMILES string of the molecule is COC(=O)Cc1csc2nc(-c3cc(C)ccc3F)c(Nc3c(C)cccc3C)n12. The van der Waals surface area contributed by atoms with Crippen LogP contribution >= 0.6 is 11.3 Å². The molecule has 0 atom stereocenters. The van der Waals surface area contributed by atoms with E-state index < -0.39 is 0 Å². The Morgan fingerprint density at radius 2 is 1.93 bits per heavy atom. The molecule has 0 aliphatic carbocycles. The summed E-state index contributed by atoms with van der Waals surface area (Å²) >= 11 is 1.41. The standard InChI is InChI=1S/C23H22FN3O2S/c1-13-8-9-18(24)17(10-13)21-22(25-20-14(2)6-5-7-15(20)3)27-16(11-19(28)29-4)12-30-23(27)26-21/h5-10,12,25H,11H2,1-4H3. The maximum Gasteiger partial charge on any atom is 0.311 e. The highest BCUT2D eigenvalue weighted by Gasteiger charge is 2.22. The number of nitrogens with zero attached hydrogens (tertiary/aromatic N) is 2. The fourth-order valence-corrected chi connectivity index (χ4v) is 4.40. The monoisotopic (exact) mass is 423 g/mol. The van der Waals surface area contributed by atoms with Gasteiger partial charge in [0.15, 0.2) is 4.96 Å². The molecular weight excluding hydrogens is 401 g/mol. The van der Waals surface area contributed by atoms with Crippen molar-refractivity contribution < 1.29 is 13.9 Å². The molecule has 0 unspecified atom stereocenters. The van der Waals surface area contributed by atoms with E-state index >= 15 is 0 Å². The van der Waals surface area contributed by atoms with Gasteiger partial charge in [-0.2, -0.15) is 0 Å². The largest absolute Gasteiger partial charge is 0.469 e. The minimum atomic E-state index is -0.343. The van der Waals surface area contributed by atoms with Crippen molar-refractivity contribution in [1.82, 2.24) is 9.38 Å². The number of anilines is 2. The van der Waals surface area contributed by atoms with Crippen molar-refractivity contribution in [2.24, 2.45) is 0 Å². The van der Waals surface area contributed by atoms with Gasteiger partial charge in [0.25, 0.3) is 0 Å². The summed E-state index contributed by atoms with van der Waals surface area (Å²) in [6, 6.07) is 11.0. The Bertz CT molecular complexity index is 1240. The fraction of sp³-hybridized carbons (Fsp3) is 0.217. The van der Waals surface area contributed by atoms with E-state index in [2.05, 4.69) is 5.32 Å². The van der Waals surface area contributed by atoms with Gasteiger partial charge < -0.3 is 10.1 Å². The molecular formula is C23H22FN3O2S. The number of esters is 1. The number of benzene rings is 2. The molecule has 0 aliphatic rings. The molecule has 0 spiro atoms. The number of fused-ring (bicyclic) bond motifs is 1. The van der Waals surface area contributed by atoms with E-state index in [0.717, 1.165) is 28.1 Å². The van der Waals surface area contributed by atoms with Crippen LogP contribution in [0.4, 0.5) is 15.9 Å². The average Bonchev–Trinajstić information content (AvgIpc) is 3.27. The van der Waals surface area contributed by atoms with Crippen LogP contribution in [0.3, 0.4) is 0 Å².